The van der Waals surface area contributed by atoms with E-state index in [4.69, 9.17) is 5.73 Å². The Hall–Kier alpha value is -4.17. The smallest absolute Gasteiger partial charge is 0.264 e. The Kier molecular flexibility index (Phi) is 5.27. The zero-order valence-corrected chi connectivity index (χ0v) is 18.4. The molecule has 3 aromatic carbocycles. The number of nitrogens with one attached hydrogen (secondary N) is 1. The molecule has 0 saturated heterocycles. The van der Waals surface area contributed by atoms with Crippen LogP contribution in [0.5, 0.6) is 0 Å². The molecule has 5 aromatic rings. The molecular formula is C25H21N5O2S. The quantitative estimate of drug-likeness (QED) is 0.366. The summed E-state index contributed by atoms with van der Waals surface area (Å²) in [5, 5.41) is 0.766. The number of fused-ring (bicyclic) bond motifs is 1. The molecule has 0 aliphatic rings. The van der Waals surface area contributed by atoms with Crippen LogP contribution in [0, 0.1) is 0 Å². The lowest BCUT2D eigenvalue weighted by molar-refractivity contribution is 0.602. The zero-order chi connectivity index (χ0) is 22.8. The normalized spacial score (nSPS) is 11.5. The molecule has 0 bridgehead atoms. The molecule has 0 radical (unpaired) electrons. The Morgan fingerprint density at radius 1 is 0.879 bits per heavy atom. The van der Waals surface area contributed by atoms with Crippen LogP contribution in [0.25, 0.3) is 22.3 Å². The Morgan fingerprint density at radius 2 is 1.67 bits per heavy atom. The van der Waals surface area contributed by atoms with Gasteiger partial charge in [-0.1, -0.05) is 30.3 Å². The highest BCUT2D eigenvalue weighted by Gasteiger charge is 2.18. The second kappa shape index (κ2) is 8.40. The lowest BCUT2D eigenvalue weighted by atomic mass is 10.1. The van der Waals surface area contributed by atoms with Crippen molar-refractivity contribution in [2.75, 3.05) is 10.5 Å². The van der Waals surface area contributed by atoms with Crippen molar-refractivity contribution in [3.05, 3.63) is 103 Å². The maximum absolute atomic E-state index is 13.0. The largest absolute Gasteiger partial charge is 0.399 e. The van der Waals surface area contributed by atoms with Crippen molar-refractivity contribution >= 4 is 32.3 Å². The number of pyridine rings is 1. The van der Waals surface area contributed by atoms with Crippen LogP contribution in [0.15, 0.2) is 102 Å². The first-order valence-corrected chi connectivity index (χ1v) is 11.8. The number of nitrogens with two attached hydrogens (primary N) is 1. The molecular weight excluding hydrogens is 434 g/mol. The standard InChI is InChI=1S/C25H21N5O2S/c26-21-7-1-4-18(16-21)17-30-15-14-28-25(30)20-9-11-22(12-10-20)29-33(31,32)23-8-2-5-19-6-3-13-27-24(19)23/h1-16,29H,17,26H2. The number of imidazole rings is 1. The van der Waals surface area contributed by atoms with Gasteiger partial charge in [-0.2, -0.15) is 0 Å². The van der Waals surface area contributed by atoms with Gasteiger partial charge in [0.25, 0.3) is 10.0 Å². The molecule has 3 N–H and O–H groups in total. The van der Waals surface area contributed by atoms with Gasteiger partial charge >= 0.3 is 0 Å². The third kappa shape index (κ3) is 4.28. The minimum atomic E-state index is -3.80. The number of sulfonamides is 1. The fourth-order valence-corrected chi connectivity index (χ4v) is 5.01. The highest BCUT2D eigenvalue weighted by atomic mass is 32.2. The van der Waals surface area contributed by atoms with Gasteiger partial charge in [0.15, 0.2) is 0 Å². The van der Waals surface area contributed by atoms with Gasteiger partial charge < -0.3 is 10.3 Å². The third-order valence-corrected chi connectivity index (χ3v) is 6.71. The summed E-state index contributed by atoms with van der Waals surface area (Å²) in [6, 6.07) is 23.6. The van der Waals surface area contributed by atoms with Gasteiger partial charge in [0.2, 0.25) is 0 Å². The molecule has 164 valence electrons. The Bertz CT molecular complexity index is 1540. The highest BCUT2D eigenvalue weighted by molar-refractivity contribution is 7.93. The van der Waals surface area contributed by atoms with E-state index in [9.17, 15) is 8.42 Å². The SMILES string of the molecule is Nc1cccc(Cn2ccnc2-c2ccc(NS(=O)(=O)c3cccc4cccnc34)cc2)c1. The van der Waals surface area contributed by atoms with E-state index in [-0.39, 0.29) is 4.90 Å². The van der Waals surface area contributed by atoms with Crippen molar-refractivity contribution in [1.29, 1.82) is 0 Å². The van der Waals surface area contributed by atoms with Gasteiger partial charge in [-0.15, -0.1) is 0 Å². The van der Waals surface area contributed by atoms with Gasteiger partial charge in [-0.3, -0.25) is 9.71 Å². The van der Waals surface area contributed by atoms with Crippen molar-refractivity contribution in [1.82, 2.24) is 14.5 Å². The van der Waals surface area contributed by atoms with E-state index in [1.807, 2.05) is 59.3 Å². The monoisotopic (exact) mass is 455 g/mol. The molecule has 0 aliphatic heterocycles. The van der Waals surface area contributed by atoms with Crippen LogP contribution in [0.3, 0.4) is 0 Å². The van der Waals surface area contributed by atoms with Crippen molar-refractivity contribution in [3.63, 3.8) is 0 Å². The van der Waals surface area contributed by atoms with E-state index in [1.54, 1.807) is 42.7 Å². The average Bonchev–Trinajstić information content (AvgIpc) is 3.27. The first-order chi connectivity index (χ1) is 16.0. The van der Waals surface area contributed by atoms with Gasteiger partial charge in [0, 0.05) is 47.5 Å². The Balaban J connectivity index is 1.39. The Morgan fingerprint density at radius 3 is 2.48 bits per heavy atom. The van der Waals surface area contributed by atoms with E-state index in [0.29, 0.717) is 23.4 Å². The minimum Gasteiger partial charge on any atom is -0.399 e. The van der Waals surface area contributed by atoms with E-state index in [0.717, 1.165) is 22.3 Å². The topological polar surface area (TPSA) is 103 Å². The maximum atomic E-state index is 13.0. The zero-order valence-electron chi connectivity index (χ0n) is 17.6. The number of benzene rings is 3. The van der Waals surface area contributed by atoms with Gasteiger partial charge in [0.1, 0.15) is 10.7 Å². The molecule has 0 aliphatic carbocycles. The molecule has 2 heterocycles. The lowest BCUT2D eigenvalue weighted by Gasteiger charge is -2.12. The molecule has 0 atom stereocenters. The number of nitrogen functional groups attached to an aromatic ring is 1. The van der Waals surface area contributed by atoms with Crippen LogP contribution in [0.1, 0.15) is 5.56 Å². The predicted molar refractivity (Wildman–Crippen MR) is 130 cm³/mol. The summed E-state index contributed by atoms with van der Waals surface area (Å²) in [5.74, 6) is 0.782. The van der Waals surface area contributed by atoms with Crippen LogP contribution in [-0.2, 0) is 16.6 Å². The summed E-state index contributed by atoms with van der Waals surface area (Å²) in [6.45, 7) is 0.628. The number of anilines is 2. The fraction of sp³-hybridized carbons (Fsp3) is 0.0400. The number of para-hydroxylation sites is 1. The van der Waals surface area contributed by atoms with Crippen molar-refractivity contribution < 1.29 is 8.42 Å². The van der Waals surface area contributed by atoms with Crippen LogP contribution in [-0.4, -0.2) is 23.0 Å². The molecule has 0 fully saturated rings. The van der Waals surface area contributed by atoms with Crippen LogP contribution in [0.2, 0.25) is 0 Å². The summed E-state index contributed by atoms with van der Waals surface area (Å²) in [5.41, 5.74) is 9.45. The summed E-state index contributed by atoms with van der Waals surface area (Å²) >= 11 is 0. The summed E-state index contributed by atoms with van der Waals surface area (Å²) in [6.07, 6.45) is 5.23. The van der Waals surface area contributed by atoms with Crippen LogP contribution in [0.4, 0.5) is 11.4 Å². The summed E-state index contributed by atoms with van der Waals surface area (Å²) in [4.78, 5) is 8.87. The fourth-order valence-electron chi connectivity index (χ4n) is 3.78. The first-order valence-electron chi connectivity index (χ1n) is 10.3. The van der Waals surface area contributed by atoms with Crippen molar-refractivity contribution in [2.24, 2.45) is 0 Å². The molecule has 0 unspecified atom stereocenters. The maximum Gasteiger partial charge on any atom is 0.264 e. The number of nitrogens with zero attached hydrogens (tertiary/aromatic N) is 3. The van der Waals surface area contributed by atoms with Crippen LogP contribution >= 0.6 is 0 Å². The van der Waals surface area contributed by atoms with E-state index < -0.39 is 10.0 Å². The number of hydrogen-bond acceptors (Lipinski definition) is 5. The first kappa shape index (κ1) is 20.7. The van der Waals surface area contributed by atoms with E-state index in [2.05, 4.69) is 14.7 Å². The van der Waals surface area contributed by atoms with E-state index >= 15 is 0 Å². The second-order valence-corrected chi connectivity index (χ2v) is 9.29. The molecule has 7 nitrogen and oxygen atoms in total. The second-order valence-electron chi connectivity index (χ2n) is 7.64. The molecule has 5 rings (SSSR count). The summed E-state index contributed by atoms with van der Waals surface area (Å²) < 4.78 is 30.7. The molecule has 8 heteroatoms. The number of aromatic nitrogens is 3. The minimum absolute atomic E-state index is 0.141. The molecule has 33 heavy (non-hydrogen) atoms. The molecule has 0 amide bonds. The van der Waals surface area contributed by atoms with Crippen molar-refractivity contribution in [2.45, 2.75) is 11.4 Å². The van der Waals surface area contributed by atoms with Gasteiger partial charge in [0.05, 0.1) is 5.52 Å². The third-order valence-electron chi connectivity index (χ3n) is 5.30. The Labute approximate surface area is 191 Å². The lowest BCUT2D eigenvalue weighted by Crippen LogP contribution is -2.13. The molecule has 2 aromatic heterocycles. The van der Waals surface area contributed by atoms with Gasteiger partial charge in [-0.25, -0.2) is 13.4 Å². The van der Waals surface area contributed by atoms with Crippen LogP contribution < -0.4 is 10.5 Å². The average molecular weight is 456 g/mol. The summed E-state index contributed by atoms with van der Waals surface area (Å²) in [7, 11) is -3.80. The van der Waals surface area contributed by atoms with E-state index in [1.165, 1.54) is 0 Å². The highest BCUT2D eigenvalue weighted by Crippen LogP contribution is 2.25. The van der Waals surface area contributed by atoms with Crippen molar-refractivity contribution in [3.8, 4) is 11.4 Å². The molecule has 0 spiro atoms. The predicted octanol–water partition coefficient (Wildman–Crippen LogP) is 4.53. The number of rotatable bonds is 6. The number of hydrogen-bond donors (Lipinski definition) is 2. The molecule has 0 saturated carbocycles. The van der Waals surface area contributed by atoms with Gasteiger partial charge in [-0.05, 0) is 54.1 Å².